The molecular formula is C52H65ClN10O4. The molecule has 2 N–H and O–H groups in total. The summed E-state index contributed by atoms with van der Waals surface area (Å²) in [5, 5.41) is 26.5. The summed E-state index contributed by atoms with van der Waals surface area (Å²) in [6, 6.07) is 15.0. The molecule has 2 aromatic carbocycles. The largest absolute Gasteiger partial charge is 0.477 e. The van der Waals surface area contributed by atoms with Gasteiger partial charge in [0.25, 0.3) is 5.91 Å². The molecule has 14 nitrogen and oxygen atoms in total. The van der Waals surface area contributed by atoms with Crippen LogP contribution in [-0.2, 0) is 11.2 Å². The summed E-state index contributed by atoms with van der Waals surface area (Å²) in [6.45, 7) is 15.2. The van der Waals surface area contributed by atoms with Gasteiger partial charge in [-0.25, -0.2) is 9.78 Å². The predicted octanol–water partition coefficient (Wildman–Crippen LogP) is 8.65. The summed E-state index contributed by atoms with van der Waals surface area (Å²) in [7, 11) is 0. The van der Waals surface area contributed by atoms with Gasteiger partial charge in [-0.15, -0.1) is 5.10 Å². The second-order valence-electron chi connectivity index (χ2n) is 20.2. The molecule has 2 saturated carbocycles. The third-order valence-electron chi connectivity index (χ3n) is 15.8. The van der Waals surface area contributed by atoms with Crippen molar-refractivity contribution in [3.63, 3.8) is 0 Å². The molecule has 5 fully saturated rings. The van der Waals surface area contributed by atoms with Gasteiger partial charge in [0.05, 0.1) is 41.5 Å². The number of imide groups is 1. The second-order valence-corrected chi connectivity index (χ2v) is 20.6. The molecule has 15 heteroatoms. The molecule has 5 heterocycles. The first-order valence-corrected chi connectivity index (χ1v) is 24.9. The van der Waals surface area contributed by atoms with Gasteiger partial charge in [-0.05, 0) is 138 Å². The Morgan fingerprint density at radius 2 is 1.72 bits per heavy atom. The van der Waals surface area contributed by atoms with Gasteiger partial charge >= 0.3 is 6.03 Å². The zero-order valence-electron chi connectivity index (χ0n) is 39.4. The smallest absolute Gasteiger partial charge is 0.328 e. The fraction of sp³-hybridized carbons (Fsp3) is 0.558. The second kappa shape index (κ2) is 20.1. The number of ether oxygens (including phenoxy) is 1. The number of urea groups is 1. The van der Waals surface area contributed by atoms with Crippen molar-refractivity contribution in [1.82, 2.24) is 35.2 Å². The highest BCUT2D eigenvalue weighted by molar-refractivity contribution is 6.34. The number of aromatic nitrogens is 3. The molecule has 5 aliphatic rings. The molecule has 0 bridgehead atoms. The molecule has 0 unspecified atom stereocenters. The maximum atomic E-state index is 13.6. The summed E-state index contributed by atoms with van der Waals surface area (Å²) in [5.74, 6) is 1.77. The maximum Gasteiger partial charge on any atom is 0.328 e. The number of aryl methyl sites for hydroxylation is 1. The first kappa shape index (κ1) is 46.7. The number of nitrogens with one attached hydrogen (secondary N) is 2. The minimum absolute atomic E-state index is 0.0283. The van der Waals surface area contributed by atoms with Gasteiger partial charge in [0.1, 0.15) is 0 Å². The molecule has 354 valence electrons. The fourth-order valence-corrected chi connectivity index (χ4v) is 11.4. The molecule has 67 heavy (non-hydrogen) atoms. The molecule has 1 atom stereocenters. The number of fused-ring (bicyclic) bond motifs is 1. The van der Waals surface area contributed by atoms with Crippen molar-refractivity contribution < 1.29 is 19.1 Å². The van der Waals surface area contributed by atoms with Gasteiger partial charge in [0.2, 0.25) is 11.8 Å². The minimum Gasteiger partial charge on any atom is -0.477 e. The molecule has 4 aromatic rings. The van der Waals surface area contributed by atoms with Gasteiger partial charge in [-0.2, -0.15) is 10.4 Å². The quantitative estimate of drug-likeness (QED) is 0.118. The van der Waals surface area contributed by atoms with Crippen LogP contribution in [0.4, 0.5) is 16.3 Å². The fourth-order valence-electron chi connectivity index (χ4n) is 11.2. The van der Waals surface area contributed by atoms with Gasteiger partial charge in [0.15, 0.2) is 5.82 Å². The number of rotatable bonds is 15. The van der Waals surface area contributed by atoms with Crippen LogP contribution in [0.3, 0.4) is 0 Å². The van der Waals surface area contributed by atoms with E-state index in [-0.39, 0.29) is 36.2 Å². The van der Waals surface area contributed by atoms with Crippen molar-refractivity contribution in [1.29, 1.82) is 5.26 Å². The third-order valence-corrected chi connectivity index (χ3v) is 16.1. The van der Waals surface area contributed by atoms with Crippen LogP contribution in [0.15, 0.2) is 48.7 Å². The number of pyridine rings is 1. The summed E-state index contributed by atoms with van der Waals surface area (Å²) in [4.78, 5) is 51.2. The SMILES string of the molecule is Cc1c(CC#N)cccc1[C@@H](C)Nc1nnc(C)c2cnc(OCC3(CN4CCN(CCCC5CCC6(CC5)CCN(C(=O)c5ccc(Cl)c(N7CCC(=O)NC7=O)c5)CC6)CC4)CC3)cc12. The lowest BCUT2D eigenvalue weighted by Crippen LogP contribution is -2.49. The molecule has 4 amide bonds. The Hall–Kier alpha value is -5.36. The van der Waals surface area contributed by atoms with E-state index < -0.39 is 6.03 Å². The molecule has 3 aliphatic heterocycles. The number of hydrogen-bond donors (Lipinski definition) is 2. The van der Waals surface area contributed by atoms with Gasteiger partial charge in [0, 0.05) is 92.8 Å². The number of anilines is 2. The number of halogens is 1. The zero-order chi connectivity index (χ0) is 46.7. The van der Waals surface area contributed by atoms with E-state index >= 15 is 0 Å². The highest BCUT2D eigenvalue weighted by Crippen LogP contribution is 2.48. The van der Waals surface area contributed by atoms with E-state index in [0.29, 0.717) is 46.4 Å². The van der Waals surface area contributed by atoms with Crippen molar-refractivity contribution in [2.24, 2.45) is 16.7 Å². The average molecular weight is 930 g/mol. The maximum absolute atomic E-state index is 13.6. The van der Waals surface area contributed by atoms with Gasteiger partial charge in [-0.3, -0.25) is 19.8 Å². The summed E-state index contributed by atoms with van der Waals surface area (Å²) >= 11 is 6.45. The van der Waals surface area contributed by atoms with E-state index in [0.717, 1.165) is 97.7 Å². The van der Waals surface area contributed by atoms with E-state index in [9.17, 15) is 19.6 Å². The number of hydrogen-bond acceptors (Lipinski definition) is 11. The number of carbonyl (C=O) groups excluding carboxylic acids is 3. The highest BCUT2D eigenvalue weighted by Gasteiger charge is 2.45. The molecule has 1 spiro atoms. The van der Waals surface area contributed by atoms with E-state index in [2.05, 4.69) is 56.6 Å². The number of carbonyl (C=O) groups is 3. The Kier molecular flexibility index (Phi) is 14.0. The molecule has 9 rings (SSSR count). The number of nitrogens with zero attached hydrogens (tertiary/aromatic N) is 8. The third kappa shape index (κ3) is 10.7. The molecular weight excluding hydrogens is 864 g/mol. The van der Waals surface area contributed by atoms with Crippen LogP contribution in [0, 0.1) is 41.9 Å². The van der Waals surface area contributed by atoms with Crippen LogP contribution in [0.2, 0.25) is 5.02 Å². The Morgan fingerprint density at radius 3 is 2.45 bits per heavy atom. The molecule has 0 radical (unpaired) electrons. The molecule has 2 aliphatic carbocycles. The van der Waals surface area contributed by atoms with E-state index in [1.54, 1.807) is 18.2 Å². The summed E-state index contributed by atoms with van der Waals surface area (Å²) in [5.41, 5.74) is 5.61. The number of likely N-dealkylation sites (tertiary alicyclic amines) is 1. The Bertz CT molecular complexity index is 2520. The monoisotopic (exact) mass is 928 g/mol. The van der Waals surface area contributed by atoms with Gasteiger partial charge in [-0.1, -0.05) is 29.8 Å². The molecule has 3 saturated heterocycles. The van der Waals surface area contributed by atoms with E-state index in [1.807, 2.05) is 36.2 Å². The van der Waals surface area contributed by atoms with Crippen LogP contribution < -0.4 is 20.3 Å². The Labute approximate surface area is 399 Å². The van der Waals surface area contributed by atoms with Crippen LogP contribution in [-0.4, -0.2) is 113 Å². The first-order chi connectivity index (χ1) is 32.4. The van der Waals surface area contributed by atoms with Crippen molar-refractivity contribution in [2.75, 3.05) is 75.7 Å². The number of amides is 4. The van der Waals surface area contributed by atoms with Crippen LogP contribution in [0.25, 0.3) is 10.8 Å². The Morgan fingerprint density at radius 1 is 0.955 bits per heavy atom. The average Bonchev–Trinajstić information content (AvgIpc) is 4.10. The van der Waals surface area contributed by atoms with Gasteiger partial charge < -0.3 is 24.8 Å². The standard InChI is InChI=1S/C52H65ClN10O4/c1-35-39(13-21-54)7-4-8-41(35)36(2)56-48-42-31-47(55-32-43(42)37(3)58-59-48)67-34-52(17-18-52)33-61-28-26-60(27-29-61)22-5-6-38-11-15-51(16-12-38)19-24-62(25-20-51)49(65)40-9-10-44(53)45(30-40)63-23-14-46(64)57-50(63)66/h4,7-10,30-32,36,38H,5-6,11-20,22-29,33-34H2,1-3H3,(H,56,59)(H,57,64,66)/t36-/m1/s1. The van der Waals surface area contributed by atoms with Crippen molar-refractivity contribution in [3.8, 4) is 11.9 Å². The van der Waals surface area contributed by atoms with Crippen molar-refractivity contribution >= 4 is 51.7 Å². The number of nitriles is 1. The minimum atomic E-state index is -0.510. The lowest BCUT2D eigenvalue weighted by Gasteiger charge is -2.46. The predicted molar refractivity (Wildman–Crippen MR) is 260 cm³/mol. The number of piperidine rings is 1. The van der Waals surface area contributed by atoms with Crippen molar-refractivity contribution in [3.05, 3.63) is 81.6 Å². The number of benzene rings is 2. The summed E-state index contributed by atoms with van der Waals surface area (Å²) in [6.07, 6.45) is 14.5. The van der Waals surface area contributed by atoms with E-state index in [4.69, 9.17) is 21.3 Å². The topological polar surface area (TPSA) is 160 Å². The lowest BCUT2D eigenvalue weighted by atomic mass is 9.65. The zero-order valence-corrected chi connectivity index (χ0v) is 40.2. The van der Waals surface area contributed by atoms with Crippen LogP contribution in [0.1, 0.15) is 116 Å². The van der Waals surface area contributed by atoms with E-state index in [1.165, 1.54) is 62.8 Å². The Balaban J connectivity index is 0.684. The lowest BCUT2D eigenvalue weighted by molar-refractivity contribution is -0.120. The summed E-state index contributed by atoms with van der Waals surface area (Å²) < 4.78 is 6.47. The van der Waals surface area contributed by atoms with Crippen molar-refractivity contribution in [2.45, 2.75) is 104 Å². The number of piperazine rings is 1. The normalized spacial score (nSPS) is 20.4. The van der Waals surface area contributed by atoms with Crippen LogP contribution >= 0.6 is 11.6 Å². The first-order valence-electron chi connectivity index (χ1n) is 24.5. The van der Waals surface area contributed by atoms with Crippen LogP contribution in [0.5, 0.6) is 5.88 Å². The molecule has 2 aromatic heterocycles. The highest BCUT2D eigenvalue weighted by atomic mass is 35.5.